The Hall–Kier alpha value is -0.770. The maximum absolute atomic E-state index is 6.19. The highest BCUT2D eigenvalue weighted by atomic mass is 15.4. The zero-order chi connectivity index (χ0) is 12.8. The second-order valence-corrected chi connectivity index (χ2v) is 6.20. The molecule has 4 heteroatoms. The molecule has 3 rings (SSSR count). The van der Waals surface area contributed by atoms with Crippen molar-refractivity contribution in [2.45, 2.75) is 63.6 Å². The van der Waals surface area contributed by atoms with Crippen LogP contribution in [0.5, 0.6) is 0 Å². The van der Waals surface area contributed by atoms with Crippen molar-refractivity contribution in [2.75, 3.05) is 19.6 Å². The van der Waals surface area contributed by atoms with Crippen molar-refractivity contribution in [1.29, 1.82) is 0 Å². The third-order valence-corrected chi connectivity index (χ3v) is 5.34. The fraction of sp³-hybridized carbons (Fsp3) is 0.929. The molecule has 0 radical (unpaired) electrons. The topological polar surface area (TPSA) is 44.9 Å². The van der Waals surface area contributed by atoms with E-state index in [1.807, 2.05) is 0 Å². The molecule has 0 aromatic heterocycles. The lowest BCUT2D eigenvalue weighted by molar-refractivity contribution is 0.0747. The van der Waals surface area contributed by atoms with Gasteiger partial charge in [-0.3, -0.25) is 9.89 Å². The normalized spacial score (nSPS) is 38.0. The molecule has 2 saturated heterocycles. The van der Waals surface area contributed by atoms with Crippen LogP contribution >= 0.6 is 0 Å². The summed E-state index contributed by atoms with van der Waals surface area (Å²) in [4.78, 5) is 9.76. The van der Waals surface area contributed by atoms with Gasteiger partial charge in [-0.05, 0) is 39.2 Å². The predicted molar refractivity (Wildman–Crippen MR) is 74.6 cm³/mol. The van der Waals surface area contributed by atoms with Crippen LogP contribution in [-0.4, -0.2) is 53.0 Å². The van der Waals surface area contributed by atoms with Crippen LogP contribution in [0.4, 0.5) is 0 Å². The number of hydrogen-bond donors (Lipinski definition) is 1. The van der Waals surface area contributed by atoms with Crippen LogP contribution in [0.25, 0.3) is 0 Å². The average Bonchev–Trinajstić information content (AvgIpc) is 2.93. The Bertz CT molecular complexity index is 354. The Morgan fingerprint density at radius 1 is 1.44 bits per heavy atom. The van der Waals surface area contributed by atoms with E-state index in [0.717, 1.165) is 18.9 Å². The van der Waals surface area contributed by atoms with Gasteiger partial charge in [0.2, 0.25) is 0 Å². The number of guanidine groups is 1. The summed E-state index contributed by atoms with van der Waals surface area (Å²) in [6.07, 6.45) is 6.45. The first-order valence-electron chi connectivity index (χ1n) is 7.52. The fourth-order valence-electron chi connectivity index (χ4n) is 4.28. The van der Waals surface area contributed by atoms with Gasteiger partial charge in [0, 0.05) is 18.6 Å². The van der Waals surface area contributed by atoms with Crippen LogP contribution in [-0.2, 0) is 0 Å². The van der Waals surface area contributed by atoms with Gasteiger partial charge >= 0.3 is 0 Å². The largest absolute Gasteiger partial charge is 0.370 e. The van der Waals surface area contributed by atoms with Crippen molar-refractivity contribution in [3.8, 4) is 0 Å². The minimum absolute atomic E-state index is 0.222. The minimum atomic E-state index is 0.222. The average molecular weight is 250 g/mol. The van der Waals surface area contributed by atoms with E-state index in [2.05, 4.69) is 28.6 Å². The summed E-state index contributed by atoms with van der Waals surface area (Å²) in [6.45, 7) is 7.98. The van der Waals surface area contributed by atoms with Gasteiger partial charge in [-0.25, -0.2) is 0 Å². The number of hydrogen-bond acceptors (Lipinski definition) is 4. The Kier molecular flexibility index (Phi) is 3.00. The first-order valence-corrected chi connectivity index (χ1v) is 7.52. The molecule has 102 valence electrons. The predicted octanol–water partition coefficient (Wildman–Crippen LogP) is 1.41. The second-order valence-electron chi connectivity index (χ2n) is 6.20. The van der Waals surface area contributed by atoms with E-state index in [1.165, 1.54) is 38.8 Å². The van der Waals surface area contributed by atoms with E-state index in [9.17, 15) is 0 Å². The van der Waals surface area contributed by atoms with Crippen LogP contribution in [0.15, 0.2) is 4.99 Å². The molecule has 2 fully saturated rings. The monoisotopic (exact) mass is 250 g/mol. The van der Waals surface area contributed by atoms with Crippen LogP contribution in [0.1, 0.15) is 46.0 Å². The zero-order valence-electron chi connectivity index (χ0n) is 11.7. The molecule has 3 aliphatic rings. The van der Waals surface area contributed by atoms with Crippen LogP contribution in [0.3, 0.4) is 0 Å². The summed E-state index contributed by atoms with van der Waals surface area (Å²) in [5.41, 5.74) is 6.41. The van der Waals surface area contributed by atoms with Gasteiger partial charge in [-0.15, -0.1) is 0 Å². The summed E-state index contributed by atoms with van der Waals surface area (Å²) >= 11 is 0. The van der Waals surface area contributed by atoms with Gasteiger partial charge in [-0.2, -0.15) is 0 Å². The molecule has 2 N–H and O–H groups in total. The lowest BCUT2D eigenvalue weighted by atomic mass is 9.83. The molecule has 1 spiro atoms. The Labute approximate surface area is 110 Å². The molecule has 0 aliphatic carbocycles. The Morgan fingerprint density at radius 2 is 2.28 bits per heavy atom. The van der Waals surface area contributed by atoms with Gasteiger partial charge in [0.1, 0.15) is 0 Å². The number of nitrogens with two attached hydrogens (primary N) is 1. The zero-order valence-corrected chi connectivity index (χ0v) is 11.7. The van der Waals surface area contributed by atoms with Crippen LogP contribution in [0, 0.1) is 0 Å². The molecular formula is C14H26N4. The van der Waals surface area contributed by atoms with E-state index >= 15 is 0 Å². The van der Waals surface area contributed by atoms with Crippen molar-refractivity contribution < 1.29 is 0 Å². The number of fused-ring (bicyclic) bond motifs is 2. The maximum Gasteiger partial charge on any atom is 0.192 e. The van der Waals surface area contributed by atoms with E-state index in [1.54, 1.807) is 0 Å². The summed E-state index contributed by atoms with van der Waals surface area (Å²) in [7, 11) is 0. The third-order valence-electron chi connectivity index (χ3n) is 5.34. The summed E-state index contributed by atoms with van der Waals surface area (Å²) in [5, 5.41) is 0. The molecule has 3 unspecified atom stereocenters. The molecule has 0 aromatic rings. The van der Waals surface area contributed by atoms with Gasteiger partial charge < -0.3 is 10.6 Å². The molecule has 3 atom stereocenters. The van der Waals surface area contributed by atoms with Gasteiger partial charge in [0.25, 0.3) is 0 Å². The van der Waals surface area contributed by atoms with E-state index in [0.29, 0.717) is 12.1 Å². The quantitative estimate of drug-likeness (QED) is 0.806. The smallest absolute Gasteiger partial charge is 0.192 e. The molecule has 0 amide bonds. The molecule has 3 heterocycles. The summed E-state index contributed by atoms with van der Waals surface area (Å²) in [6, 6.07) is 1.20. The minimum Gasteiger partial charge on any atom is -0.370 e. The number of nitrogens with zero attached hydrogens (tertiary/aromatic N) is 3. The molecule has 3 aliphatic heterocycles. The van der Waals surface area contributed by atoms with Crippen molar-refractivity contribution in [3.05, 3.63) is 0 Å². The van der Waals surface area contributed by atoms with E-state index in [4.69, 9.17) is 5.73 Å². The highest BCUT2D eigenvalue weighted by Crippen LogP contribution is 2.43. The highest BCUT2D eigenvalue weighted by molar-refractivity contribution is 5.81. The first kappa shape index (κ1) is 12.3. The van der Waals surface area contributed by atoms with Crippen molar-refractivity contribution in [3.63, 3.8) is 0 Å². The van der Waals surface area contributed by atoms with Gasteiger partial charge in [0.05, 0.1) is 12.1 Å². The highest BCUT2D eigenvalue weighted by Gasteiger charge is 2.55. The summed E-state index contributed by atoms with van der Waals surface area (Å²) in [5.74, 6) is 0.789. The summed E-state index contributed by atoms with van der Waals surface area (Å²) < 4.78 is 0. The Balaban J connectivity index is 1.90. The molecular weight excluding hydrogens is 224 g/mol. The van der Waals surface area contributed by atoms with Gasteiger partial charge in [0.15, 0.2) is 5.96 Å². The van der Waals surface area contributed by atoms with E-state index < -0.39 is 0 Å². The Morgan fingerprint density at radius 3 is 3.06 bits per heavy atom. The number of piperidine rings is 1. The van der Waals surface area contributed by atoms with Crippen molar-refractivity contribution >= 4 is 5.96 Å². The second kappa shape index (κ2) is 4.41. The molecule has 0 saturated carbocycles. The number of aliphatic imine (C=N–C) groups is 1. The molecule has 0 bridgehead atoms. The molecule has 4 nitrogen and oxygen atoms in total. The van der Waals surface area contributed by atoms with Crippen molar-refractivity contribution in [1.82, 2.24) is 9.80 Å². The number of rotatable bonds is 2. The van der Waals surface area contributed by atoms with Crippen molar-refractivity contribution in [2.24, 2.45) is 10.7 Å². The molecule has 0 aromatic carbocycles. The van der Waals surface area contributed by atoms with E-state index in [-0.39, 0.29) is 5.54 Å². The SMILES string of the molecule is CCC(C)N1C(N)=NCC12CCN1CCCCC12. The maximum atomic E-state index is 6.19. The van der Waals surface area contributed by atoms with Crippen LogP contribution in [0.2, 0.25) is 0 Å². The van der Waals surface area contributed by atoms with Crippen LogP contribution < -0.4 is 5.73 Å². The molecule has 18 heavy (non-hydrogen) atoms. The first-order chi connectivity index (χ1) is 8.69. The lowest BCUT2D eigenvalue weighted by Crippen LogP contribution is -2.61. The standard InChI is InChI=1S/C14H26N4/c1-3-11(2)18-13(15)16-10-14(18)7-9-17-8-5-4-6-12(14)17/h11-12H,3-10H2,1-2H3,(H2,15,16). The van der Waals surface area contributed by atoms with Gasteiger partial charge in [-0.1, -0.05) is 13.3 Å². The third kappa shape index (κ3) is 1.58. The lowest BCUT2D eigenvalue weighted by Gasteiger charge is -2.46. The fourth-order valence-corrected chi connectivity index (χ4v) is 4.28.